The van der Waals surface area contributed by atoms with E-state index in [1.165, 1.54) is 13.1 Å². The first-order valence-corrected chi connectivity index (χ1v) is 15.5. The average Bonchev–Trinajstić information content (AvgIpc) is 3.33. The Hall–Kier alpha value is -3.47. The molecule has 10 heteroatoms. The number of fused-ring (bicyclic) bond motifs is 1. The normalized spacial score (nSPS) is 16.2. The van der Waals surface area contributed by atoms with Crippen LogP contribution in [-0.4, -0.2) is 59.1 Å². The van der Waals surface area contributed by atoms with E-state index in [4.69, 9.17) is 0 Å². The topological polar surface area (TPSA) is 101 Å². The van der Waals surface area contributed by atoms with Gasteiger partial charge in [-0.15, -0.1) is 0 Å². The van der Waals surface area contributed by atoms with E-state index in [-0.39, 0.29) is 11.0 Å². The molecule has 4 aromatic rings. The summed E-state index contributed by atoms with van der Waals surface area (Å²) in [5.41, 5.74) is 3.68. The van der Waals surface area contributed by atoms with Gasteiger partial charge in [-0.2, -0.15) is 0 Å². The molecule has 1 aliphatic heterocycles. The highest BCUT2D eigenvalue weighted by molar-refractivity contribution is 7.84. The molecule has 8 nitrogen and oxygen atoms in total. The van der Waals surface area contributed by atoms with Gasteiger partial charge in [-0.05, 0) is 62.2 Å². The van der Waals surface area contributed by atoms with E-state index in [2.05, 4.69) is 27.3 Å². The number of ketones is 1. The maximum absolute atomic E-state index is 13.9. The van der Waals surface area contributed by atoms with E-state index in [1.807, 2.05) is 36.4 Å². The van der Waals surface area contributed by atoms with Gasteiger partial charge < -0.3 is 5.32 Å². The number of aromatic nitrogens is 2. The molecule has 1 amide bonds. The van der Waals surface area contributed by atoms with Crippen molar-refractivity contribution in [1.82, 2.24) is 13.9 Å². The number of pyridine rings is 1. The first-order valence-electron chi connectivity index (χ1n) is 12.7. The quantitative estimate of drug-likeness (QED) is 0.240. The van der Waals surface area contributed by atoms with Gasteiger partial charge in [0.2, 0.25) is 6.41 Å². The van der Waals surface area contributed by atoms with E-state index < -0.39 is 21.8 Å². The Kier molecular flexibility index (Phi) is 8.15. The third-order valence-electron chi connectivity index (χ3n) is 7.12. The molecule has 39 heavy (non-hydrogen) atoms. The van der Waals surface area contributed by atoms with Gasteiger partial charge in [-0.1, -0.05) is 42.5 Å². The van der Waals surface area contributed by atoms with Crippen LogP contribution in [0.2, 0.25) is 0 Å². The molecule has 0 bridgehead atoms. The first-order chi connectivity index (χ1) is 18.9. The molecule has 2 aromatic heterocycles. The number of anilines is 1. The van der Waals surface area contributed by atoms with Gasteiger partial charge in [0.1, 0.15) is 0 Å². The van der Waals surface area contributed by atoms with Crippen LogP contribution in [0, 0.1) is 0 Å². The Morgan fingerprint density at radius 2 is 1.77 bits per heavy atom. The number of piperidine rings is 1. The van der Waals surface area contributed by atoms with Crippen molar-refractivity contribution in [1.29, 1.82) is 0 Å². The van der Waals surface area contributed by atoms with Crippen LogP contribution in [0.5, 0.6) is 0 Å². The molecule has 1 aliphatic rings. The third-order valence-corrected chi connectivity index (χ3v) is 9.91. The molecule has 1 fully saturated rings. The Morgan fingerprint density at radius 3 is 2.38 bits per heavy atom. The van der Waals surface area contributed by atoms with Crippen LogP contribution < -0.4 is 5.32 Å². The molecule has 0 saturated carbocycles. The summed E-state index contributed by atoms with van der Waals surface area (Å²) in [4.78, 5) is 31.3. The molecule has 2 atom stereocenters. The van der Waals surface area contributed by atoms with Crippen LogP contribution in [0.4, 0.5) is 5.69 Å². The molecule has 202 valence electrons. The zero-order chi connectivity index (χ0) is 27.5. The molecule has 1 N–H and O–H groups in total. The number of amides is 1. The van der Waals surface area contributed by atoms with Gasteiger partial charge >= 0.3 is 0 Å². The second-order valence-corrected chi connectivity index (χ2v) is 12.7. The zero-order valence-corrected chi connectivity index (χ0v) is 23.5. The molecule has 1 saturated heterocycles. The summed E-state index contributed by atoms with van der Waals surface area (Å²) in [6, 6.07) is 19.0. The first kappa shape index (κ1) is 27.1. The van der Waals surface area contributed by atoms with Crippen molar-refractivity contribution in [3.63, 3.8) is 0 Å². The average molecular weight is 563 g/mol. The highest BCUT2D eigenvalue weighted by Crippen LogP contribution is 2.34. The van der Waals surface area contributed by atoms with E-state index in [0.29, 0.717) is 39.3 Å². The molecule has 2 aromatic carbocycles. The fourth-order valence-electron chi connectivity index (χ4n) is 5.13. The lowest BCUT2D eigenvalue weighted by Gasteiger charge is -2.30. The van der Waals surface area contributed by atoms with Crippen LogP contribution in [0.15, 0.2) is 71.8 Å². The molecule has 0 aliphatic carbocycles. The number of Topliss-reactive ketones (excluding diaryl/α,β-unsaturated/α-hetero) is 1. The van der Waals surface area contributed by atoms with Crippen molar-refractivity contribution < 1.29 is 18.0 Å². The van der Waals surface area contributed by atoms with Crippen molar-refractivity contribution in [3.8, 4) is 11.3 Å². The van der Waals surface area contributed by atoms with Crippen molar-refractivity contribution in [2.75, 3.05) is 24.7 Å². The third kappa shape index (κ3) is 5.63. The highest BCUT2D eigenvalue weighted by Gasteiger charge is 2.24. The minimum absolute atomic E-state index is 0.230. The molecular weight excluding hydrogens is 532 g/mol. The number of likely N-dealkylation sites (tertiary alicyclic amines) is 1. The minimum atomic E-state index is -1.63. The lowest BCUT2D eigenvalue weighted by Crippen LogP contribution is -2.36. The second kappa shape index (κ2) is 11.7. The van der Waals surface area contributed by atoms with Crippen LogP contribution in [0.25, 0.3) is 22.3 Å². The van der Waals surface area contributed by atoms with Gasteiger partial charge in [0.25, 0.3) is 0 Å². The number of nitrogens with zero attached hydrogens (tertiary/aromatic N) is 3. The van der Waals surface area contributed by atoms with Crippen molar-refractivity contribution in [2.24, 2.45) is 0 Å². The fourth-order valence-corrected chi connectivity index (χ4v) is 7.24. The molecule has 0 radical (unpaired) electrons. The highest BCUT2D eigenvalue weighted by atomic mass is 32.2. The van der Waals surface area contributed by atoms with Crippen molar-refractivity contribution in [3.05, 3.63) is 78.0 Å². The summed E-state index contributed by atoms with van der Waals surface area (Å²) in [5, 5.41) is 3.37. The number of nitrogens with one attached hydrogen (secondary N) is 1. The summed E-state index contributed by atoms with van der Waals surface area (Å²) in [6.45, 7) is 4.09. The summed E-state index contributed by atoms with van der Waals surface area (Å²) in [5.74, 6) is -0.230. The number of hydrogen-bond acceptors (Lipinski definition) is 6. The second-order valence-electron chi connectivity index (χ2n) is 9.66. The number of carbonyl (C=O) groups is 2. The maximum atomic E-state index is 13.9. The smallest absolute Gasteiger partial charge is 0.211 e. The van der Waals surface area contributed by atoms with Gasteiger partial charge in [-0.25, -0.2) is 13.2 Å². The van der Waals surface area contributed by atoms with E-state index in [9.17, 15) is 18.0 Å². The lowest BCUT2D eigenvalue weighted by molar-refractivity contribution is -0.105. The maximum Gasteiger partial charge on any atom is 0.211 e. The SMILES string of the molecule is CC(=O)c1c(NC=O)cnc2c1cc(-c1ccc(CN3CCC(S(C)=O)CC3)cc1)n2S(=O)c1ccccc1. The van der Waals surface area contributed by atoms with Crippen LogP contribution in [0.1, 0.15) is 35.7 Å². The number of hydrogen-bond donors (Lipinski definition) is 1. The van der Waals surface area contributed by atoms with Gasteiger partial charge in [-0.3, -0.25) is 18.7 Å². The van der Waals surface area contributed by atoms with Crippen LogP contribution in [0.3, 0.4) is 0 Å². The largest absolute Gasteiger partial charge is 0.327 e. The summed E-state index contributed by atoms with van der Waals surface area (Å²) in [6.07, 6.45) is 5.62. The van der Waals surface area contributed by atoms with E-state index >= 15 is 0 Å². The molecule has 0 spiro atoms. The predicted octanol–water partition coefficient (Wildman–Crippen LogP) is 4.39. The monoisotopic (exact) mass is 562 g/mol. The minimum Gasteiger partial charge on any atom is -0.327 e. The van der Waals surface area contributed by atoms with E-state index in [0.717, 1.165) is 43.6 Å². The summed E-state index contributed by atoms with van der Waals surface area (Å²) >= 11 is 0. The van der Waals surface area contributed by atoms with Gasteiger partial charge in [0, 0.05) is 34.2 Å². The fraction of sp³-hybridized carbons (Fsp3) is 0.276. The van der Waals surface area contributed by atoms with Crippen LogP contribution >= 0.6 is 0 Å². The molecule has 5 rings (SSSR count). The van der Waals surface area contributed by atoms with Gasteiger partial charge in [0.15, 0.2) is 22.4 Å². The van der Waals surface area contributed by atoms with Gasteiger partial charge in [0.05, 0.1) is 28.0 Å². The molecule has 2 unspecified atom stereocenters. The van der Waals surface area contributed by atoms with Crippen molar-refractivity contribution >= 4 is 50.7 Å². The number of benzene rings is 2. The molecular formula is C29H30N4O4S2. The Bertz CT molecular complexity index is 1560. The standard InChI is InChI=1S/C29H30N4O4S2/c1-20(35)28-25-16-27(22-10-8-21(9-11-22)18-32-14-12-23(13-15-32)38(2)36)33(29(25)30-17-26(28)31-19-34)39(37)24-6-4-3-5-7-24/h3-11,16-17,19,23H,12-15,18H2,1-2H3,(H,31,34). The number of carbonyl (C=O) groups excluding carboxylic acids is 2. The Labute approximate surface area is 232 Å². The predicted molar refractivity (Wildman–Crippen MR) is 155 cm³/mol. The van der Waals surface area contributed by atoms with E-state index in [1.54, 1.807) is 22.4 Å². The lowest BCUT2D eigenvalue weighted by atomic mass is 10.0. The summed E-state index contributed by atoms with van der Waals surface area (Å²) < 4.78 is 27.3. The molecule has 3 heterocycles. The Balaban J connectivity index is 1.54. The summed E-state index contributed by atoms with van der Waals surface area (Å²) in [7, 11) is -2.41. The van der Waals surface area contributed by atoms with Crippen LogP contribution in [-0.2, 0) is 33.1 Å². The van der Waals surface area contributed by atoms with Crippen molar-refractivity contribution in [2.45, 2.75) is 36.5 Å². The Morgan fingerprint density at radius 1 is 1.08 bits per heavy atom. The zero-order valence-electron chi connectivity index (χ0n) is 21.8. The number of rotatable bonds is 9.